The van der Waals surface area contributed by atoms with Crippen LogP contribution in [0, 0.1) is 11.7 Å². The summed E-state index contributed by atoms with van der Waals surface area (Å²) >= 11 is 0. The van der Waals surface area contributed by atoms with Crippen LogP contribution in [0.5, 0.6) is 5.75 Å². The van der Waals surface area contributed by atoms with E-state index in [-0.39, 0.29) is 10.5 Å². The molecule has 0 spiro atoms. The zero-order valence-corrected chi connectivity index (χ0v) is 15.4. The summed E-state index contributed by atoms with van der Waals surface area (Å²) in [7, 11) is 0. The fourth-order valence-corrected chi connectivity index (χ4v) is 3.82. The van der Waals surface area contributed by atoms with Gasteiger partial charge >= 0.3 is 6.18 Å². The lowest BCUT2D eigenvalue weighted by Crippen LogP contribution is -2.53. The lowest BCUT2D eigenvalue weighted by atomic mass is 9.70. The molecule has 1 saturated carbocycles. The van der Waals surface area contributed by atoms with E-state index in [0.29, 0.717) is 35.6 Å². The highest BCUT2D eigenvalue weighted by Crippen LogP contribution is 2.46. The van der Waals surface area contributed by atoms with Gasteiger partial charge in [-0.15, -0.1) is 4.59 Å². The van der Waals surface area contributed by atoms with Gasteiger partial charge in [-0.2, -0.15) is 24.0 Å². The molecule has 3 N–H and O–H groups in total. The Labute approximate surface area is 163 Å². The van der Waals surface area contributed by atoms with Gasteiger partial charge < -0.3 is 9.84 Å². The molecule has 1 fully saturated rings. The largest absolute Gasteiger partial charge is 0.481 e. The number of nitrogens with two attached hydrogens (primary N) is 1. The first-order chi connectivity index (χ1) is 13.5. The number of ether oxygens (including phenoxy) is 1. The van der Waals surface area contributed by atoms with Crippen LogP contribution in [0.2, 0.25) is 0 Å². The molecule has 0 aromatic heterocycles. The Balaban J connectivity index is 1.65. The van der Waals surface area contributed by atoms with Crippen LogP contribution in [0.4, 0.5) is 17.6 Å². The molecule has 4 rings (SSSR count). The fourth-order valence-electron chi connectivity index (χ4n) is 3.82. The molecule has 2 heterocycles. The van der Waals surface area contributed by atoms with E-state index in [9.17, 15) is 22.7 Å². The topological polar surface area (TPSA) is 80.2 Å². The van der Waals surface area contributed by atoms with Gasteiger partial charge in [0.15, 0.2) is 18.2 Å². The molecule has 3 aliphatic rings. The minimum Gasteiger partial charge on any atom is -0.481 e. The number of amidine groups is 1. The maximum atomic E-state index is 14.4. The van der Waals surface area contributed by atoms with Crippen LogP contribution in [0.3, 0.4) is 0 Å². The van der Waals surface area contributed by atoms with Crippen molar-refractivity contribution in [1.29, 1.82) is 0 Å². The van der Waals surface area contributed by atoms with Gasteiger partial charge in [-0.1, -0.05) is 0 Å². The number of aliphatic hydroxyl groups is 1. The van der Waals surface area contributed by atoms with E-state index < -0.39 is 30.0 Å². The van der Waals surface area contributed by atoms with Crippen LogP contribution in [0.25, 0.3) is 0 Å². The smallest absolute Gasteiger partial charge is 0.422 e. The van der Waals surface area contributed by atoms with Gasteiger partial charge in [0.1, 0.15) is 11.9 Å². The van der Waals surface area contributed by atoms with Gasteiger partial charge in [-0.3, -0.25) is 4.99 Å². The van der Waals surface area contributed by atoms with Crippen molar-refractivity contribution in [2.75, 3.05) is 6.61 Å². The highest BCUT2D eigenvalue weighted by Gasteiger charge is 2.50. The van der Waals surface area contributed by atoms with Gasteiger partial charge in [0.25, 0.3) is 5.84 Å². The van der Waals surface area contributed by atoms with E-state index in [1.54, 1.807) is 19.3 Å². The summed E-state index contributed by atoms with van der Waals surface area (Å²) in [4.78, 5) is 8.72. The van der Waals surface area contributed by atoms with Crippen molar-refractivity contribution in [2.24, 2.45) is 21.7 Å². The Morgan fingerprint density at radius 3 is 2.69 bits per heavy atom. The third kappa shape index (κ3) is 3.59. The maximum absolute atomic E-state index is 14.4. The molecule has 1 aromatic carbocycles. The number of benzene rings is 1. The fraction of sp³-hybridized carbons (Fsp3) is 0.368. The van der Waals surface area contributed by atoms with Crippen LogP contribution in [0.15, 0.2) is 52.0 Å². The number of halogens is 4. The number of alkyl halides is 3. The van der Waals surface area contributed by atoms with E-state index in [1.165, 1.54) is 12.3 Å². The van der Waals surface area contributed by atoms with Crippen molar-refractivity contribution in [3.63, 3.8) is 0 Å². The third-order valence-corrected chi connectivity index (χ3v) is 5.16. The minimum atomic E-state index is -4.57. The summed E-state index contributed by atoms with van der Waals surface area (Å²) in [6.07, 6.45) is 1.12. The zero-order chi connectivity index (χ0) is 21.0. The summed E-state index contributed by atoms with van der Waals surface area (Å²) in [5.41, 5.74) is 0.815. The molecule has 29 heavy (non-hydrogen) atoms. The molecular formula is C19H19F4N4O2+. The first kappa shape index (κ1) is 19.7. The highest BCUT2D eigenvalue weighted by atomic mass is 19.4. The average molecular weight is 411 g/mol. The Morgan fingerprint density at radius 1 is 1.34 bits per heavy atom. The Hall–Kier alpha value is -2.56. The molecule has 6 nitrogen and oxygen atoms in total. The van der Waals surface area contributed by atoms with Crippen molar-refractivity contribution in [3.8, 4) is 5.75 Å². The number of aliphatic imine (C=N–C) groups is 2. The average Bonchev–Trinajstić information content (AvgIpc) is 2.90. The molecule has 1 atom stereocenters. The van der Waals surface area contributed by atoms with Crippen molar-refractivity contribution in [3.05, 3.63) is 53.4 Å². The molecule has 1 unspecified atom stereocenters. The second-order valence-electron chi connectivity index (χ2n) is 7.71. The molecule has 2 aliphatic heterocycles. The maximum Gasteiger partial charge on any atom is 0.422 e. The summed E-state index contributed by atoms with van der Waals surface area (Å²) in [6, 6.07) is 3.59. The minimum absolute atomic E-state index is 0.0178. The van der Waals surface area contributed by atoms with E-state index >= 15 is 0 Å². The lowest BCUT2D eigenvalue weighted by Gasteiger charge is -2.40. The molecule has 0 amide bonds. The number of rotatable bonds is 4. The van der Waals surface area contributed by atoms with Gasteiger partial charge in [0.2, 0.25) is 5.70 Å². The Morgan fingerprint density at radius 2 is 2.07 bits per heavy atom. The van der Waals surface area contributed by atoms with Crippen LogP contribution in [-0.4, -0.2) is 40.1 Å². The molecule has 154 valence electrons. The standard InChI is InChI=1S/C19H19F4N4O2/c1-18(28)7-12(8-18)16-14-9-25-4-5-27(14,24)17(26-16)11-2-3-15(13(20)6-11)29-10-19(21,22)23/h2-6,9,12,28H,7-8,10,24H2,1H3/q+1. The van der Waals surface area contributed by atoms with Crippen molar-refractivity contribution in [2.45, 2.75) is 31.5 Å². The number of hydrogen-bond donors (Lipinski definition) is 2. The normalized spacial score (nSPS) is 30.9. The van der Waals surface area contributed by atoms with Gasteiger partial charge in [-0.25, -0.2) is 4.39 Å². The van der Waals surface area contributed by atoms with E-state index in [0.717, 1.165) is 12.1 Å². The van der Waals surface area contributed by atoms with E-state index in [2.05, 4.69) is 14.7 Å². The first-order valence-corrected chi connectivity index (χ1v) is 8.93. The van der Waals surface area contributed by atoms with Gasteiger partial charge in [-0.05, 0) is 38.0 Å². The number of fused-ring (bicyclic) bond motifs is 1. The van der Waals surface area contributed by atoms with Crippen molar-refractivity contribution < 1.29 is 32.0 Å². The van der Waals surface area contributed by atoms with E-state index in [4.69, 9.17) is 5.84 Å². The zero-order valence-electron chi connectivity index (χ0n) is 15.4. The molecule has 1 aliphatic carbocycles. The number of quaternary nitrogens is 1. The van der Waals surface area contributed by atoms with Crippen LogP contribution < -0.4 is 10.6 Å². The van der Waals surface area contributed by atoms with Gasteiger partial charge in [0.05, 0.1) is 23.6 Å². The summed E-state index contributed by atoms with van der Waals surface area (Å²) < 4.78 is 55.5. The second kappa shape index (κ2) is 6.48. The SMILES string of the molecule is CC1(O)CC(C2=C3C=NC=C[N+]3(N)C(c3ccc(OCC(F)(F)F)c(F)c3)=N2)C1. The second-order valence-corrected chi connectivity index (χ2v) is 7.71. The Bertz CT molecular complexity index is 973. The number of hydrogen-bond acceptors (Lipinski definition) is 5. The molecule has 0 radical (unpaired) electrons. The lowest BCUT2D eigenvalue weighted by molar-refractivity contribution is -0.750. The van der Waals surface area contributed by atoms with Crippen LogP contribution in [-0.2, 0) is 0 Å². The highest BCUT2D eigenvalue weighted by molar-refractivity contribution is 6.00. The molecule has 0 saturated heterocycles. The van der Waals surface area contributed by atoms with Crippen LogP contribution in [0.1, 0.15) is 25.3 Å². The predicted octanol–water partition coefficient (Wildman–Crippen LogP) is 3.15. The van der Waals surface area contributed by atoms with Crippen molar-refractivity contribution >= 4 is 12.1 Å². The molecular weight excluding hydrogens is 392 g/mol. The van der Waals surface area contributed by atoms with Crippen molar-refractivity contribution in [1.82, 2.24) is 0 Å². The van der Waals surface area contributed by atoms with E-state index in [1.807, 2.05) is 0 Å². The number of allylic oxidation sites excluding steroid dienone is 2. The molecule has 1 aromatic rings. The predicted molar refractivity (Wildman–Crippen MR) is 96.9 cm³/mol. The Kier molecular flexibility index (Phi) is 4.41. The summed E-state index contributed by atoms with van der Waals surface area (Å²) in [6.45, 7) is 0.153. The molecule has 10 heteroatoms. The summed E-state index contributed by atoms with van der Waals surface area (Å²) in [5, 5.41) is 10.1. The summed E-state index contributed by atoms with van der Waals surface area (Å²) in [5.74, 6) is 5.36. The van der Waals surface area contributed by atoms with Gasteiger partial charge in [0, 0.05) is 5.92 Å². The first-order valence-electron chi connectivity index (χ1n) is 8.93. The van der Waals surface area contributed by atoms with Crippen LogP contribution >= 0.6 is 0 Å². The quantitative estimate of drug-likeness (QED) is 0.454. The third-order valence-electron chi connectivity index (χ3n) is 5.16. The monoisotopic (exact) mass is 411 g/mol. The number of nitrogens with zero attached hydrogens (tertiary/aromatic N) is 3. The molecule has 0 bridgehead atoms.